The fraction of sp³-hybridized carbons (Fsp3) is 0.643. The summed E-state index contributed by atoms with van der Waals surface area (Å²) in [6.45, 7) is 2.57. The molecule has 1 fully saturated rings. The van der Waals surface area contributed by atoms with E-state index in [1.54, 1.807) is 6.07 Å². The zero-order valence-corrected chi connectivity index (χ0v) is 12.2. The lowest BCUT2D eigenvalue weighted by Gasteiger charge is -2.28. The average Bonchev–Trinajstić information content (AvgIpc) is 2.88. The lowest BCUT2D eigenvalue weighted by molar-refractivity contribution is 0.0921. The van der Waals surface area contributed by atoms with E-state index in [9.17, 15) is 4.79 Å². The molecule has 1 saturated carbocycles. The van der Waals surface area contributed by atoms with Crippen LogP contribution < -0.4 is 11.1 Å². The van der Waals surface area contributed by atoms with E-state index in [2.05, 4.69) is 12.2 Å². The zero-order valence-electron chi connectivity index (χ0n) is 11.4. The molecule has 1 aromatic heterocycles. The zero-order chi connectivity index (χ0) is 13.0. The molecule has 0 aromatic carbocycles. The van der Waals surface area contributed by atoms with E-state index in [4.69, 9.17) is 10.2 Å². The third-order valence-corrected chi connectivity index (χ3v) is 3.88. The maximum Gasteiger partial charge on any atom is 0.254 e. The number of rotatable bonds is 4. The Morgan fingerprint density at radius 2 is 2.11 bits per heavy atom. The van der Waals surface area contributed by atoms with E-state index in [-0.39, 0.29) is 18.3 Å². The highest BCUT2D eigenvalue weighted by molar-refractivity contribution is 5.94. The van der Waals surface area contributed by atoms with Gasteiger partial charge in [0.05, 0.1) is 12.1 Å². The molecule has 0 saturated heterocycles. The van der Waals surface area contributed by atoms with Gasteiger partial charge in [0.25, 0.3) is 5.91 Å². The summed E-state index contributed by atoms with van der Waals surface area (Å²) in [7, 11) is 0. The Balaban J connectivity index is 0.00000180. The number of nitrogens with one attached hydrogen (secondary N) is 1. The van der Waals surface area contributed by atoms with Gasteiger partial charge in [-0.05, 0) is 37.7 Å². The first-order valence-electron chi connectivity index (χ1n) is 6.81. The monoisotopic (exact) mass is 286 g/mol. The molecule has 19 heavy (non-hydrogen) atoms. The predicted molar refractivity (Wildman–Crippen MR) is 77.4 cm³/mol. The van der Waals surface area contributed by atoms with Crippen molar-refractivity contribution in [3.8, 4) is 0 Å². The molecule has 0 spiro atoms. The van der Waals surface area contributed by atoms with Gasteiger partial charge in [0.15, 0.2) is 0 Å². The Labute approximate surface area is 120 Å². The molecule has 0 bridgehead atoms. The second-order valence-corrected chi connectivity index (χ2v) is 5.11. The quantitative estimate of drug-likeness (QED) is 0.894. The van der Waals surface area contributed by atoms with Crippen LogP contribution in [-0.4, -0.2) is 11.9 Å². The van der Waals surface area contributed by atoms with Crippen LogP contribution in [0.4, 0.5) is 0 Å². The lowest BCUT2D eigenvalue weighted by Crippen LogP contribution is -2.37. The van der Waals surface area contributed by atoms with Gasteiger partial charge in [0.1, 0.15) is 12.0 Å². The van der Waals surface area contributed by atoms with Crippen LogP contribution >= 0.6 is 12.4 Å². The van der Waals surface area contributed by atoms with E-state index in [0.717, 1.165) is 18.8 Å². The van der Waals surface area contributed by atoms with Gasteiger partial charge >= 0.3 is 0 Å². The van der Waals surface area contributed by atoms with Gasteiger partial charge in [-0.3, -0.25) is 4.79 Å². The summed E-state index contributed by atoms with van der Waals surface area (Å²) in [5, 5.41) is 3.08. The van der Waals surface area contributed by atoms with E-state index in [0.29, 0.717) is 23.9 Å². The average molecular weight is 287 g/mol. The first-order valence-corrected chi connectivity index (χ1v) is 6.81. The molecular formula is C14H23ClN2O2. The number of nitrogens with two attached hydrogens (primary N) is 1. The van der Waals surface area contributed by atoms with Crippen LogP contribution in [0.1, 0.15) is 55.1 Å². The SMILES string of the molecule is CCC1CCC(NC(=O)c2coc(CN)c2)CC1.Cl. The van der Waals surface area contributed by atoms with Crippen molar-refractivity contribution < 1.29 is 9.21 Å². The van der Waals surface area contributed by atoms with Crippen molar-refractivity contribution in [2.75, 3.05) is 0 Å². The third-order valence-electron chi connectivity index (χ3n) is 3.88. The third kappa shape index (κ3) is 4.25. The van der Waals surface area contributed by atoms with Crippen molar-refractivity contribution >= 4 is 18.3 Å². The molecular weight excluding hydrogens is 264 g/mol. The predicted octanol–water partition coefficient (Wildman–Crippen LogP) is 2.86. The number of halogens is 1. The highest BCUT2D eigenvalue weighted by Gasteiger charge is 2.22. The minimum atomic E-state index is -0.0431. The maximum absolute atomic E-state index is 12.0. The van der Waals surface area contributed by atoms with Crippen LogP contribution in [-0.2, 0) is 6.54 Å². The molecule has 3 N–H and O–H groups in total. The Hall–Kier alpha value is -1.00. The molecule has 4 nitrogen and oxygen atoms in total. The summed E-state index contributed by atoms with van der Waals surface area (Å²) in [5.74, 6) is 1.45. The van der Waals surface area contributed by atoms with Gasteiger partial charge in [0, 0.05) is 6.04 Å². The van der Waals surface area contributed by atoms with Gasteiger partial charge in [0.2, 0.25) is 0 Å². The lowest BCUT2D eigenvalue weighted by atomic mass is 9.84. The fourth-order valence-electron chi connectivity index (χ4n) is 2.59. The fourth-order valence-corrected chi connectivity index (χ4v) is 2.59. The summed E-state index contributed by atoms with van der Waals surface area (Å²) >= 11 is 0. The second kappa shape index (κ2) is 7.56. The maximum atomic E-state index is 12.0. The molecule has 108 valence electrons. The summed E-state index contributed by atoms with van der Waals surface area (Å²) in [6, 6.07) is 2.03. The topological polar surface area (TPSA) is 68.3 Å². The highest BCUT2D eigenvalue weighted by Crippen LogP contribution is 2.26. The molecule has 1 aliphatic carbocycles. The van der Waals surface area contributed by atoms with Crippen molar-refractivity contribution in [3.05, 3.63) is 23.7 Å². The van der Waals surface area contributed by atoms with Crippen molar-refractivity contribution in [2.45, 2.75) is 51.6 Å². The van der Waals surface area contributed by atoms with Crippen LogP contribution in [0.2, 0.25) is 0 Å². The molecule has 1 aliphatic rings. The van der Waals surface area contributed by atoms with Crippen LogP contribution in [0, 0.1) is 5.92 Å². The van der Waals surface area contributed by atoms with Gasteiger partial charge < -0.3 is 15.5 Å². The largest absolute Gasteiger partial charge is 0.467 e. The standard InChI is InChI=1S/C14H22N2O2.ClH/c1-2-10-3-5-12(6-4-10)16-14(17)11-7-13(8-15)18-9-11;/h7,9-10,12H,2-6,8,15H2,1H3,(H,16,17);1H. The van der Waals surface area contributed by atoms with Crippen molar-refractivity contribution in [1.29, 1.82) is 0 Å². The number of hydrogen-bond donors (Lipinski definition) is 2. The number of amides is 1. The van der Waals surface area contributed by atoms with E-state index in [1.807, 2.05) is 0 Å². The molecule has 0 radical (unpaired) electrons. The number of carbonyl (C=O) groups is 1. The molecule has 0 unspecified atom stereocenters. The van der Waals surface area contributed by atoms with Crippen molar-refractivity contribution in [2.24, 2.45) is 11.7 Å². The summed E-state index contributed by atoms with van der Waals surface area (Å²) < 4.78 is 5.17. The molecule has 0 aliphatic heterocycles. The summed E-state index contributed by atoms with van der Waals surface area (Å²) in [4.78, 5) is 12.0. The first-order chi connectivity index (χ1) is 8.72. The molecule has 5 heteroatoms. The van der Waals surface area contributed by atoms with E-state index >= 15 is 0 Å². The molecule has 1 aromatic rings. The van der Waals surface area contributed by atoms with Crippen LogP contribution in [0.5, 0.6) is 0 Å². The normalized spacial score (nSPS) is 22.6. The van der Waals surface area contributed by atoms with Gasteiger partial charge in [-0.1, -0.05) is 13.3 Å². The Kier molecular flexibility index (Phi) is 6.38. The first kappa shape index (κ1) is 16.1. The van der Waals surface area contributed by atoms with Crippen molar-refractivity contribution in [3.63, 3.8) is 0 Å². The smallest absolute Gasteiger partial charge is 0.254 e. The molecule has 1 heterocycles. The van der Waals surface area contributed by atoms with Crippen LogP contribution in [0.15, 0.2) is 16.7 Å². The number of hydrogen-bond acceptors (Lipinski definition) is 3. The van der Waals surface area contributed by atoms with Crippen LogP contribution in [0.3, 0.4) is 0 Å². The van der Waals surface area contributed by atoms with Gasteiger partial charge in [-0.25, -0.2) is 0 Å². The Bertz CT molecular complexity index is 398. The number of furan rings is 1. The van der Waals surface area contributed by atoms with E-state index in [1.165, 1.54) is 25.5 Å². The van der Waals surface area contributed by atoms with Crippen molar-refractivity contribution in [1.82, 2.24) is 5.32 Å². The molecule has 0 atom stereocenters. The summed E-state index contributed by atoms with van der Waals surface area (Å²) in [6.07, 6.45) is 7.36. The van der Waals surface area contributed by atoms with Gasteiger partial charge in [-0.2, -0.15) is 0 Å². The summed E-state index contributed by atoms with van der Waals surface area (Å²) in [5.41, 5.74) is 6.03. The highest BCUT2D eigenvalue weighted by atomic mass is 35.5. The Morgan fingerprint density at radius 3 is 2.63 bits per heavy atom. The molecule has 1 amide bonds. The minimum absolute atomic E-state index is 0. The minimum Gasteiger partial charge on any atom is -0.467 e. The Morgan fingerprint density at radius 1 is 1.42 bits per heavy atom. The number of carbonyl (C=O) groups excluding carboxylic acids is 1. The van der Waals surface area contributed by atoms with Gasteiger partial charge in [-0.15, -0.1) is 12.4 Å². The van der Waals surface area contributed by atoms with Crippen LogP contribution in [0.25, 0.3) is 0 Å². The van der Waals surface area contributed by atoms with E-state index < -0.39 is 0 Å². The second-order valence-electron chi connectivity index (χ2n) is 5.11. The molecule has 2 rings (SSSR count).